The van der Waals surface area contributed by atoms with Gasteiger partial charge < -0.3 is 10.4 Å². The van der Waals surface area contributed by atoms with E-state index in [2.05, 4.69) is 5.32 Å². The Bertz CT molecular complexity index is 587. The molecule has 0 atom stereocenters. The lowest BCUT2D eigenvalue weighted by molar-refractivity contribution is -0.118. The van der Waals surface area contributed by atoms with E-state index >= 15 is 0 Å². The summed E-state index contributed by atoms with van der Waals surface area (Å²) in [4.78, 5) is 12.4. The lowest BCUT2D eigenvalue weighted by Gasteiger charge is -2.06. The van der Waals surface area contributed by atoms with E-state index in [0.717, 1.165) is 5.56 Å². The van der Waals surface area contributed by atoms with E-state index in [-0.39, 0.29) is 23.2 Å². The molecular formula is C15H14FNO2S. The number of benzene rings is 2. The summed E-state index contributed by atoms with van der Waals surface area (Å²) in [7, 11) is 0. The molecule has 0 saturated heterocycles. The first kappa shape index (κ1) is 14.4. The molecule has 0 aliphatic heterocycles. The van der Waals surface area contributed by atoms with Gasteiger partial charge in [0.2, 0.25) is 5.91 Å². The highest BCUT2D eigenvalue weighted by molar-refractivity contribution is 8.00. The first-order valence-corrected chi connectivity index (χ1v) is 7.05. The van der Waals surface area contributed by atoms with Gasteiger partial charge in [0.15, 0.2) is 0 Å². The number of carbonyl (C=O) groups is 1. The van der Waals surface area contributed by atoms with E-state index in [4.69, 9.17) is 0 Å². The fourth-order valence-corrected chi connectivity index (χ4v) is 2.36. The third kappa shape index (κ3) is 4.28. The van der Waals surface area contributed by atoms with Gasteiger partial charge in [-0.3, -0.25) is 4.79 Å². The Morgan fingerprint density at radius 1 is 1.15 bits per heavy atom. The van der Waals surface area contributed by atoms with E-state index < -0.39 is 0 Å². The Kier molecular flexibility index (Phi) is 5.01. The Morgan fingerprint density at radius 2 is 1.85 bits per heavy atom. The van der Waals surface area contributed by atoms with Crippen molar-refractivity contribution in [2.75, 3.05) is 5.75 Å². The molecule has 0 aromatic heterocycles. The number of thioether (sulfide) groups is 1. The monoisotopic (exact) mass is 291 g/mol. The average Bonchev–Trinajstić information content (AvgIpc) is 2.46. The molecule has 0 saturated carbocycles. The van der Waals surface area contributed by atoms with Crippen molar-refractivity contribution < 1.29 is 14.3 Å². The van der Waals surface area contributed by atoms with Crippen molar-refractivity contribution in [2.24, 2.45) is 0 Å². The SMILES string of the molecule is O=C(CSc1ccccc1O)NCc1ccc(F)cc1. The highest BCUT2D eigenvalue weighted by Crippen LogP contribution is 2.27. The zero-order chi connectivity index (χ0) is 14.4. The number of hydrogen-bond acceptors (Lipinski definition) is 3. The van der Waals surface area contributed by atoms with Gasteiger partial charge in [0.25, 0.3) is 0 Å². The summed E-state index contributed by atoms with van der Waals surface area (Å²) in [6, 6.07) is 12.9. The van der Waals surface area contributed by atoms with Crippen LogP contribution in [0.3, 0.4) is 0 Å². The van der Waals surface area contributed by atoms with Crippen molar-refractivity contribution in [1.29, 1.82) is 0 Å². The minimum Gasteiger partial charge on any atom is -0.507 e. The van der Waals surface area contributed by atoms with Gasteiger partial charge in [0.1, 0.15) is 11.6 Å². The molecule has 2 rings (SSSR count). The summed E-state index contributed by atoms with van der Waals surface area (Å²) in [6.07, 6.45) is 0. The molecule has 104 valence electrons. The number of phenols is 1. The Morgan fingerprint density at radius 3 is 2.55 bits per heavy atom. The summed E-state index contributed by atoms with van der Waals surface area (Å²) >= 11 is 1.27. The summed E-state index contributed by atoms with van der Waals surface area (Å²) < 4.78 is 12.7. The number of aromatic hydroxyl groups is 1. The van der Waals surface area contributed by atoms with Gasteiger partial charge in [-0.1, -0.05) is 24.3 Å². The molecule has 0 aliphatic rings. The zero-order valence-electron chi connectivity index (χ0n) is 10.7. The number of para-hydroxylation sites is 1. The van der Waals surface area contributed by atoms with Crippen LogP contribution in [-0.2, 0) is 11.3 Å². The van der Waals surface area contributed by atoms with Crippen LogP contribution < -0.4 is 5.32 Å². The maximum absolute atomic E-state index is 12.7. The van der Waals surface area contributed by atoms with Gasteiger partial charge in [-0.15, -0.1) is 11.8 Å². The molecule has 0 fully saturated rings. The first-order valence-electron chi connectivity index (χ1n) is 6.07. The predicted octanol–water partition coefficient (Wildman–Crippen LogP) is 2.94. The number of rotatable bonds is 5. The van der Waals surface area contributed by atoms with Crippen LogP contribution in [0, 0.1) is 5.82 Å². The Labute approximate surface area is 120 Å². The van der Waals surface area contributed by atoms with Crippen molar-refractivity contribution in [2.45, 2.75) is 11.4 Å². The summed E-state index contributed by atoms with van der Waals surface area (Å²) in [5.41, 5.74) is 0.840. The molecular weight excluding hydrogens is 277 g/mol. The molecule has 0 unspecified atom stereocenters. The highest BCUT2D eigenvalue weighted by Gasteiger charge is 2.05. The number of hydrogen-bond donors (Lipinski definition) is 2. The molecule has 0 spiro atoms. The van der Waals surface area contributed by atoms with Crippen molar-refractivity contribution in [1.82, 2.24) is 5.32 Å². The van der Waals surface area contributed by atoms with Crippen LogP contribution in [0.25, 0.3) is 0 Å². The molecule has 1 amide bonds. The minimum absolute atomic E-state index is 0.137. The maximum atomic E-state index is 12.7. The van der Waals surface area contributed by atoms with Crippen molar-refractivity contribution in [3.63, 3.8) is 0 Å². The van der Waals surface area contributed by atoms with Gasteiger partial charge in [0.05, 0.1) is 5.75 Å². The molecule has 0 aliphatic carbocycles. The van der Waals surface area contributed by atoms with Crippen LogP contribution in [0.4, 0.5) is 4.39 Å². The second-order valence-electron chi connectivity index (χ2n) is 4.16. The van der Waals surface area contributed by atoms with E-state index in [1.807, 2.05) is 0 Å². The van der Waals surface area contributed by atoms with E-state index in [1.165, 1.54) is 23.9 Å². The average molecular weight is 291 g/mol. The lowest BCUT2D eigenvalue weighted by atomic mass is 10.2. The van der Waals surface area contributed by atoms with E-state index in [9.17, 15) is 14.3 Å². The third-order valence-electron chi connectivity index (χ3n) is 2.63. The topological polar surface area (TPSA) is 49.3 Å². The van der Waals surface area contributed by atoms with E-state index in [1.54, 1.807) is 36.4 Å². The van der Waals surface area contributed by atoms with Crippen LogP contribution in [-0.4, -0.2) is 16.8 Å². The number of phenolic OH excluding ortho intramolecular Hbond substituents is 1. The van der Waals surface area contributed by atoms with Gasteiger partial charge in [-0.05, 0) is 29.8 Å². The van der Waals surface area contributed by atoms with Crippen LogP contribution in [0.1, 0.15) is 5.56 Å². The quantitative estimate of drug-likeness (QED) is 0.833. The number of amides is 1. The molecule has 2 N–H and O–H groups in total. The predicted molar refractivity (Wildman–Crippen MR) is 77.1 cm³/mol. The molecule has 2 aromatic rings. The molecule has 0 radical (unpaired) electrons. The smallest absolute Gasteiger partial charge is 0.230 e. The maximum Gasteiger partial charge on any atom is 0.230 e. The van der Waals surface area contributed by atoms with E-state index in [0.29, 0.717) is 11.4 Å². The fourth-order valence-electron chi connectivity index (χ4n) is 1.58. The second kappa shape index (κ2) is 6.96. The molecule has 2 aromatic carbocycles. The third-order valence-corrected chi connectivity index (χ3v) is 3.69. The van der Waals surface area contributed by atoms with Crippen LogP contribution in [0.5, 0.6) is 5.75 Å². The zero-order valence-corrected chi connectivity index (χ0v) is 11.5. The van der Waals surface area contributed by atoms with Gasteiger partial charge in [0, 0.05) is 11.4 Å². The van der Waals surface area contributed by atoms with Gasteiger partial charge in [-0.2, -0.15) is 0 Å². The Hall–Kier alpha value is -2.01. The van der Waals surface area contributed by atoms with Gasteiger partial charge in [-0.25, -0.2) is 4.39 Å². The number of carbonyl (C=O) groups excluding carboxylic acids is 1. The molecule has 3 nitrogen and oxygen atoms in total. The number of nitrogens with one attached hydrogen (secondary N) is 1. The van der Waals surface area contributed by atoms with Crippen LogP contribution in [0.15, 0.2) is 53.4 Å². The Balaban J connectivity index is 1.78. The highest BCUT2D eigenvalue weighted by atomic mass is 32.2. The molecule has 0 heterocycles. The summed E-state index contributed by atoms with van der Waals surface area (Å²) in [6.45, 7) is 0.362. The lowest BCUT2D eigenvalue weighted by Crippen LogP contribution is -2.24. The molecule has 5 heteroatoms. The van der Waals surface area contributed by atoms with Gasteiger partial charge >= 0.3 is 0 Å². The first-order chi connectivity index (χ1) is 9.65. The van der Waals surface area contributed by atoms with Crippen molar-refractivity contribution in [3.05, 3.63) is 59.9 Å². The molecule has 20 heavy (non-hydrogen) atoms. The molecule has 0 bridgehead atoms. The summed E-state index contributed by atoms with van der Waals surface area (Å²) in [5.74, 6) is -0.0414. The minimum atomic E-state index is -0.296. The second-order valence-corrected chi connectivity index (χ2v) is 5.18. The summed E-state index contributed by atoms with van der Waals surface area (Å²) in [5, 5.41) is 12.3. The fraction of sp³-hybridized carbons (Fsp3) is 0.133. The van der Waals surface area contributed by atoms with Crippen molar-refractivity contribution >= 4 is 17.7 Å². The van der Waals surface area contributed by atoms with Crippen molar-refractivity contribution in [3.8, 4) is 5.75 Å². The normalized spacial score (nSPS) is 10.2. The standard InChI is InChI=1S/C15H14FNO2S/c16-12-7-5-11(6-8-12)9-17-15(19)10-20-14-4-2-1-3-13(14)18/h1-8,18H,9-10H2,(H,17,19). The van der Waals surface area contributed by atoms with Crippen LogP contribution >= 0.6 is 11.8 Å². The van der Waals surface area contributed by atoms with Crippen LogP contribution in [0.2, 0.25) is 0 Å². The largest absolute Gasteiger partial charge is 0.507 e. The number of halogens is 1.